The first-order valence-corrected chi connectivity index (χ1v) is 8.13. The molecule has 2 rings (SSSR count). The molecular formula is C17H25ClN2O2. The van der Waals surface area contributed by atoms with E-state index in [0.29, 0.717) is 10.7 Å². The smallest absolute Gasteiger partial charge is 0.241 e. The monoisotopic (exact) mass is 324 g/mol. The number of rotatable bonds is 3. The van der Waals surface area contributed by atoms with Crippen LogP contribution in [-0.4, -0.2) is 42.1 Å². The molecule has 1 aliphatic rings. The molecule has 1 saturated heterocycles. The molecule has 0 saturated carbocycles. The van der Waals surface area contributed by atoms with Crippen LogP contribution in [0.5, 0.6) is 0 Å². The van der Waals surface area contributed by atoms with E-state index in [2.05, 4.69) is 10.2 Å². The van der Waals surface area contributed by atoms with Gasteiger partial charge in [0.1, 0.15) is 0 Å². The van der Waals surface area contributed by atoms with Gasteiger partial charge in [-0.05, 0) is 51.8 Å². The highest BCUT2D eigenvalue weighted by Crippen LogP contribution is 2.27. The van der Waals surface area contributed by atoms with Crippen molar-refractivity contribution in [1.29, 1.82) is 0 Å². The molecule has 1 N–H and O–H groups in total. The van der Waals surface area contributed by atoms with Gasteiger partial charge in [0.2, 0.25) is 5.91 Å². The predicted octanol–water partition coefficient (Wildman–Crippen LogP) is 3.39. The summed E-state index contributed by atoms with van der Waals surface area (Å²) in [6.07, 6.45) is 0.285. The predicted molar refractivity (Wildman–Crippen MR) is 90.6 cm³/mol. The third-order valence-corrected chi connectivity index (χ3v) is 4.35. The lowest BCUT2D eigenvalue weighted by Gasteiger charge is -2.38. The maximum atomic E-state index is 12.6. The van der Waals surface area contributed by atoms with Gasteiger partial charge in [-0.3, -0.25) is 9.69 Å². The molecule has 0 radical (unpaired) electrons. The van der Waals surface area contributed by atoms with Crippen LogP contribution >= 0.6 is 11.6 Å². The van der Waals surface area contributed by atoms with Crippen LogP contribution in [0.3, 0.4) is 0 Å². The van der Waals surface area contributed by atoms with Crippen LogP contribution in [-0.2, 0) is 9.53 Å². The van der Waals surface area contributed by atoms with Gasteiger partial charge in [-0.2, -0.15) is 0 Å². The van der Waals surface area contributed by atoms with Gasteiger partial charge in [0.25, 0.3) is 0 Å². The number of carbonyl (C=O) groups is 1. The number of halogens is 1. The van der Waals surface area contributed by atoms with E-state index in [1.165, 1.54) is 0 Å². The second kappa shape index (κ2) is 6.99. The van der Waals surface area contributed by atoms with E-state index in [0.717, 1.165) is 24.2 Å². The fraction of sp³-hybridized carbons (Fsp3) is 0.588. The first-order chi connectivity index (χ1) is 10.3. The second-order valence-corrected chi connectivity index (χ2v) is 6.72. The summed E-state index contributed by atoms with van der Waals surface area (Å²) in [5, 5.41) is 3.56. The highest BCUT2D eigenvalue weighted by atomic mass is 35.5. The number of morpholine rings is 1. The van der Waals surface area contributed by atoms with E-state index in [1.807, 2.05) is 46.8 Å². The zero-order valence-electron chi connectivity index (χ0n) is 13.9. The molecule has 1 amide bonds. The number of nitrogens with zero attached hydrogens (tertiary/aromatic N) is 1. The van der Waals surface area contributed by atoms with Crippen LogP contribution in [0, 0.1) is 13.8 Å². The number of benzene rings is 1. The van der Waals surface area contributed by atoms with Gasteiger partial charge >= 0.3 is 0 Å². The minimum atomic E-state index is -0.217. The molecule has 122 valence electrons. The summed E-state index contributed by atoms with van der Waals surface area (Å²) in [4.78, 5) is 14.7. The Balaban J connectivity index is 2.09. The van der Waals surface area contributed by atoms with Crippen molar-refractivity contribution in [3.8, 4) is 0 Å². The topological polar surface area (TPSA) is 41.6 Å². The summed E-state index contributed by atoms with van der Waals surface area (Å²) in [6.45, 7) is 11.5. The maximum absolute atomic E-state index is 12.6. The molecule has 1 heterocycles. The number of anilines is 1. The molecule has 0 unspecified atom stereocenters. The maximum Gasteiger partial charge on any atom is 0.241 e. The SMILES string of the molecule is Cc1cc(C)c(NC(=O)[C@H](C)N2C[C@@H](C)O[C@H](C)C2)c(Cl)c1. The number of amides is 1. The van der Waals surface area contributed by atoms with Gasteiger partial charge in [0.05, 0.1) is 29.0 Å². The first-order valence-electron chi connectivity index (χ1n) is 7.75. The molecule has 0 aromatic heterocycles. The average molecular weight is 325 g/mol. The fourth-order valence-corrected chi connectivity index (χ4v) is 3.37. The number of hydrogen-bond donors (Lipinski definition) is 1. The standard InChI is InChI=1S/C17H25ClN2O2/c1-10-6-11(2)16(15(18)7-10)19-17(21)14(5)20-8-12(3)22-13(4)9-20/h6-7,12-14H,8-9H2,1-5H3,(H,19,21)/t12-,13-,14+/m1/s1. The molecule has 0 aliphatic carbocycles. The quantitative estimate of drug-likeness (QED) is 0.926. The van der Waals surface area contributed by atoms with Crippen LogP contribution in [0.4, 0.5) is 5.69 Å². The van der Waals surface area contributed by atoms with Gasteiger partial charge in [-0.15, -0.1) is 0 Å². The van der Waals surface area contributed by atoms with Crippen molar-refractivity contribution in [1.82, 2.24) is 4.90 Å². The first kappa shape index (κ1) is 17.3. The normalized spacial score (nSPS) is 24.1. The molecule has 1 aliphatic heterocycles. The summed E-state index contributed by atoms with van der Waals surface area (Å²) in [6, 6.07) is 3.67. The van der Waals surface area contributed by atoms with E-state index < -0.39 is 0 Å². The van der Waals surface area contributed by atoms with E-state index >= 15 is 0 Å². The van der Waals surface area contributed by atoms with Crippen LogP contribution in [0.2, 0.25) is 5.02 Å². The Labute approximate surface area is 137 Å². The molecule has 1 aromatic carbocycles. The molecule has 5 heteroatoms. The van der Waals surface area contributed by atoms with Gasteiger partial charge < -0.3 is 10.1 Å². The lowest BCUT2D eigenvalue weighted by Crippen LogP contribution is -2.52. The van der Waals surface area contributed by atoms with Gasteiger partial charge in [0, 0.05) is 13.1 Å². The molecule has 0 spiro atoms. The molecule has 1 fully saturated rings. The van der Waals surface area contributed by atoms with Crippen molar-refractivity contribution in [2.24, 2.45) is 0 Å². The lowest BCUT2D eigenvalue weighted by molar-refractivity contribution is -0.126. The van der Waals surface area contributed by atoms with Crippen molar-refractivity contribution in [3.63, 3.8) is 0 Å². The highest BCUT2D eigenvalue weighted by molar-refractivity contribution is 6.34. The number of nitrogens with one attached hydrogen (secondary N) is 1. The minimum Gasteiger partial charge on any atom is -0.373 e. The van der Waals surface area contributed by atoms with E-state index in [4.69, 9.17) is 16.3 Å². The van der Waals surface area contributed by atoms with E-state index in [-0.39, 0.29) is 24.2 Å². The molecular weight excluding hydrogens is 300 g/mol. The number of hydrogen-bond acceptors (Lipinski definition) is 3. The van der Waals surface area contributed by atoms with Crippen LogP contribution in [0.15, 0.2) is 12.1 Å². The van der Waals surface area contributed by atoms with Crippen molar-refractivity contribution in [2.75, 3.05) is 18.4 Å². The van der Waals surface area contributed by atoms with Crippen molar-refractivity contribution in [3.05, 3.63) is 28.3 Å². The number of carbonyl (C=O) groups excluding carboxylic acids is 1. The Bertz CT molecular complexity index is 529. The third-order valence-electron chi connectivity index (χ3n) is 4.05. The third kappa shape index (κ3) is 4.00. The molecule has 4 nitrogen and oxygen atoms in total. The zero-order chi connectivity index (χ0) is 16.4. The minimum absolute atomic E-state index is 0.0323. The average Bonchev–Trinajstić information content (AvgIpc) is 2.40. The summed E-state index contributed by atoms with van der Waals surface area (Å²) in [5.74, 6) is -0.0323. The van der Waals surface area contributed by atoms with Crippen molar-refractivity contribution < 1.29 is 9.53 Å². The lowest BCUT2D eigenvalue weighted by atomic mass is 10.1. The van der Waals surface area contributed by atoms with Crippen LogP contribution in [0.25, 0.3) is 0 Å². The Kier molecular flexibility index (Phi) is 5.48. The Morgan fingerprint density at radius 2 is 1.91 bits per heavy atom. The van der Waals surface area contributed by atoms with Crippen LogP contribution < -0.4 is 5.32 Å². The molecule has 3 atom stereocenters. The Morgan fingerprint density at radius 1 is 1.32 bits per heavy atom. The van der Waals surface area contributed by atoms with Crippen molar-refractivity contribution >= 4 is 23.2 Å². The largest absolute Gasteiger partial charge is 0.373 e. The number of aryl methyl sites for hydroxylation is 2. The fourth-order valence-electron chi connectivity index (χ4n) is 3.00. The van der Waals surface area contributed by atoms with Gasteiger partial charge in [-0.1, -0.05) is 17.7 Å². The van der Waals surface area contributed by atoms with Crippen molar-refractivity contribution in [2.45, 2.75) is 52.9 Å². The summed E-state index contributed by atoms with van der Waals surface area (Å²) in [5.41, 5.74) is 2.78. The molecule has 0 bridgehead atoms. The Hall–Kier alpha value is -1.10. The van der Waals surface area contributed by atoms with Gasteiger partial charge in [-0.25, -0.2) is 0 Å². The molecule has 1 aromatic rings. The summed E-state index contributed by atoms with van der Waals surface area (Å²) < 4.78 is 5.72. The summed E-state index contributed by atoms with van der Waals surface area (Å²) >= 11 is 6.27. The van der Waals surface area contributed by atoms with Crippen LogP contribution in [0.1, 0.15) is 31.9 Å². The second-order valence-electron chi connectivity index (χ2n) is 6.32. The van der Waals surface area contributed by atoms with Gasteiger partial charge in [0.15, 0.2) is 0 Å². The highest BCUT2D eigenvalue weighted by Gasteiger charge is 2.29. The Morgan fingerprint density at radius 3 is 2.45 bits per heavy atom. The molecule has 22 heavy (non-hydrogen) atoms. The van der Waals surface area contributed by atoms with E-state index in [9.17, 15) is 4.79 Å². The number of ether oxygens (including phenoxy) is 1. The van der Waals surface area contributed by atoms with E-state index in [1.54, 1.807) is 0 Å². The zero-order valence-corrected chi connectivity index (χ0v) is 14.7. The summed E-state index contributed by atoms with van der Waals surface area (Å²) in [7, 11) is 0.